The van der Waals surface area contributed by atoms with Gasteiger partial charge >= 0.3 is 0 Å². The van der Waals surface area contributed by atoms with Gasteiger partial charge in [-0.15, -0.1) is 0 Å². The number of H-pyrrole nitrogens is 1. The number of likely N-dealkylation sites (tertiary alicyclic amines) is 1. The van der Waals surface area contributed by atoms with Crippen molar-refractivity contribution in [3.05, 3.63) is 84.0 Å². The summed E-state index contributed by atoms with van der Waals surface area (Å²) in [6, 6.07) is 13.2. The molecule has 0 aliphatic carbocycles. The Balaban J connectivity index is 1.76. The predicted octanol–water partition coefficient (Wildman–Crippen LogP) is 2.83. The normalized spacial score (nSPS) is 17.4. The van der Waals surface area contributed by atoms with Crippen LogP contribution in [0.2, 0.25) is 0 Å². The second kappa shape index (κ2) is 9.60. The highest BCUT2D eigenvalue weighted by atomic mass is 16.5. The van der Waals surface area contributed by atoms with E-state index in [4.69, 9.17) is 9.47 Å². The molecule has 0 bridgehead atoms. The Morgan fingerprint density at radius 2 is 1.82 bits per heavy atom. The van der Waals surface area contributed by atoms with E-state index < -0.39 is 17.7 Å². The molecule has 0 saturated carbocycles. The molecule has 1 aromatic heterocycles. The largest absolute Gasteiger partial charge is 0.507 e. The topological polar surface area (TPSA) is 95.7 Å². The van der Waals surface area contributed by atoms with Gasteiger partial charge < -0.3 is 19.5 Å². The van der Waals surface area contributed by atoms with E-state index in [2.05, 4.69) is 4.98 Å². The number of hydrogen-bond donors (Lipinski definition) is 2. The Kier molecular flexibility index (Phi) is 6.44. The summed E-state index contributed by atoms with van der Waals surface area (Å²) in [7, 11) is 3.08. The molecule has 2 N–H and O–H groups in total. The molecule has 1 fully saturated rings. The number of aromatic nitrogens is 2. The lowest BCUT2D eigenvalue weighted by Crippen LogP contribution is -2.36. The molecule has 1 aliphatic heterocycles. The van der Waals surface area contributed by atoms with Crippen LogP contribution in [0.25, 0.3) is 5.76 Å². The summed E-state index contributed by atoms with van der Waals surface area (Å²) >= 11 is 0. The van der Waals surface area contributed by atoms with Crippen LogP contribution in [0.5, 0.6) is 11.5 Å². The van der Waals surface area contributed by atoms with Crippen LogP contribution in [-0.4, -0.2) is 47.4 Å². The molecule has 3 aromatic rings. The van der Waals surface area contributed by atoms with Crippen LogP contribution in [0.1, 0.15) is 23.6 Å². The number of aliphatic hydroxyl groups excluding tert-OH is 1. The van der Waals surface area contributed by atoms with Crippen LogP contribution in [0.15, 0.2) is 72.8 Å². The van der Waals surface area contributed by atoms with E-state index in [1.54, 1.807) is 49.6 Å². The van der Waals surface area contributed by atoms with Gasteiger partial charge in [-0.25, -0.2) is 4.57 Å². The van der Waals surface area contributed by atoms with Crippen molar-refractivity contribution in [1.29, 1.82) is 0 Å². The number of carbonyl (C=O) groups excluding carboxylic acids is 2. The molecule has 1 unspecified atom stereocenters. The number of methoxy groups -OCH3 is 2. The van der Waals surface area contributed by atoms with E-state index in [0.29, 0.717) is 42.1 Å². The molecule has 33 heavy (non-hydrogen) atoms. The molecule has 1 atom stereocenters. The Bertz CT molecular complexity index is 1190. The molecule has 1 saturated heterocycles. The molecule has 4 rings (SSSR count). The molecular formula is C25H26N3O5+. The fourth-order valence-corrected chi connectivity index (χ4v) is 4.08. The summed E-state index contributed by atoms with van der Waals surface area (Å²) in [4.78, 5) is 30.7. The maximum atomic E-state index is 13.1. The van der Waals surface area contributed by atoms with Gasteiger partial charge in [-0.3, -0.25) is 14.6 Å². The SMILES string of the molecule is COc1cccc(/C(O)=C2\C(=O)C(=O)N(CCC[n+]3cc[nH]c3)C2c2cccc(OC)c2)c1. The number of carbonyl (C=O) groups is 2. The summed E-state index contributed by atoms with van der Waals surface area (Å²) in [5, 5.41) is 11.2. The lowest BCUT2D eigenvalue weighted by molar-refractivity contribution is -0.695. The number of Topliss-reactive ketones (excluding diaryl/α,β-unsaturated/α-hetero) is 1. The van der Waals surface area contributed by atoms with Gasteiger partial charge in [-0.2, -0.15) is 0 Å². The number of ether oxygens (including phenoxy) is 2. The third kappa shape index (κ3) is 4.45. The minimum absolute atomic E-state index is 0.0517. The van der Waals surface area contributed by atoms with Gasteiger partial charge in [0.1, 0.15) is 29.7 Å². The number of nitrogens with zero attached hydrogens (tertiary/aromatic N) is 2. The molecule has 0 radical (unpaired) electrons. The number of hydrogen-bond acceptors (Lipinski definition) is 5. The quantitative estimate of drug-likeness (QED) is 0.239. The van der Waals surface area contributed by atoms with E-state index >= 15 is 0 Å². The van der Waals surface area contributed by atoms with Crippen LogP contribution in [0.4, 0.5) is 0 Å². The first-order valence-corrected chi connectivity index (χ1v) is 10.6. The average molecular weight is 448 g/mol. The lowest BCUT2D eigenvalue weighted by Gasteiger charge is -2.25. The van der Waals surface area contributed by atoms with Crippen molar-refractivity contribution in [3.8, 4) is 11.5 Å². The van der Waals surface area contributed by atoms with Gasteiger partial charge in [0.25, 0.3) is 11.7 Å². The number of rotatable bonds is 8. The van der Waals surface area contributed by atoms with Gasteiger partial charge in [-0.1, -0.05) is 24.3 Å². The molecular weight excluding hydrogens is 422 g/mol. The van der Waals surface area contributed by atoms with Crippen molar-refractivity contribution in [1.82, 2.24) is 9.88 Å². The highest BCUT2D eigenvalue weighted by molar-refractivity contribution is 6.46. The lowest BCUT2D eigenvalue weighted by atomic mass is 9.95. The monoisotopic (exact) mass is 448 g/mol. The number of ketones is 1. The zero-order valence-electron chi connectivity index (χ0n) is 18.5. The third-order valence-electron chi connectivity index (χ3n) is 5.71. The van der Waals surface area contributed by atoms with Crippen LogP contribution in [-0.2, 0) is 16.1 Å². The summed E-state index contributed by atoms with van der Waals surface area (Å²) in [5.41, 5.74) is 1.14. The summed E-state index contributed by atoms with van der Waals surface area (Å²) in [5.74, 6) is -0.441. The van der Waals surface area contributed by atoms with Gasteiger partial charge in [0.05, 0.1) is 32.4 Å². The molecule has 1 amide bonds. The van der Waals surface area contributed by atoms with Crippen LogP contribution < -0.4 is 14.0 Å². The van der Waals surface area contributed by atoms with Crippen molar-refractivity contribution in [3.63, 3.8) is 0 Å². The molecule has 0 spiro atoms. The van der Waals surface area contributed by atoms with E-state index in [9.17, 15) is 14.7 Å². The summed E-state index contributed by atoms with van der Waals surface area (Å²) in [6.45, 7) is 1.02. The molecule has 170 valence electrons. The first-order valence-electron chi connectivity index (χ1n) is 10.6. The Labute approximate surface area is 191 Å². The van der Waals surface area contributed by atoms with Crippen molar-refractivity contribution >= 4 is 17.4 Å². The summed E-state index contributed by atoms with van der Waals surface area (Å²) < 4.78 is 12.6. The Hall–Kier alpha value is -4.07. The Morgan fingerprint density at radius 3 is 2.52 bits per heavy atom. The van der Waals surface area contributed by atoms with Crippen LogP contribution in [0.3, 0.4) is 0 Å². The highest BCUT2D eigenvalue weighted by Gasteiger charge is 2.46. The first kappa shape index (κ1) is 22.1. The minimum atomic E-state index is -0.734. The number of amides is 1. The minimum Gasteiger partial charge on any atom is -0.507 e. The van der Waals surface area contributed by atoms with Gasteiger partial charge in [0.2, 0.25) is 6.33 Å². The molecule has 2 aromatic carbocycles. The molecule has 2 heterocycles. The summed E-state index contributed by atoms with van der Waals surface area (Å²) in [6.07, 6.45) is 6.18. The number of benzene rings is 2. The maximum absolute atomic E-state index is 13.1. The third-order valence-corrected chi connectivity index (χ3v) is 5.71. The number of nitrogens with one attached hydrogen (secondary N) is 1. The van der Waals surface area contributed by atoms with Crippen molar-refractivity contribution < 1.29 is 28.7 Å². The van der Waals surface area contributed by atoms with E-state index in [0.717, 1.165) is 0 Å². The molecule has 8 heteroatoms. The van der Waals surface area contributed by atoms with E-state index in [1.807, 2.05) is 29.4 Å². The van der Waals surface area contributed by atoms with E-state index in [-0.39, 0.29) is 11.3 Å². The standard InChI is InChI=1S/C25H25N3O5/c1-32-19-8-3-6-17(14-19)22-21(23(29)18-7-4-9-20(15-18)33-2)24(30)25(31)28(22)12-5-11-27-13-10-26-16-27/h3-4,6-10,13-16,22H,5,11-12H2,1-2H3,(H,29,30)/p+1. The smallest absolute Gasteiger partial charge is 0.295 e. The fraction of sp³-hybridized carbons (Fsp3) is 0.240. The van der Waals surface area contributed by atoms with Crippen LogP contribution >= 0.6 is 0 Å². The Morgan fingerprint density at radius 1 is 1.09 bits per heavy atom. The molecule has 1 aliphatic rings. The zero-order chi connectivity index (χ0) is 23.4. The number of imidazole rings is 1. The van der Waals surface area contributed by atoms with Gasteiger partial charge in [0, 0.05) is 18.5 Å². The number of aryl methyl sites for hydroxylation is 1. The van der Waals surface area contributed by atoms with E-state index in [1.165, 1.54) is 12.0 Å². The van der Waals surface area contributed by atoms with Crippen LogP contribution in [0, 0.1) is 0 Å². The second-order valence-electron chi connectivity index (χ2n) is 7.70. The van der Waals surface area contributed by atoms with Gasteiger partial charge in [0.15, 0.2) is 0 Å². The second-order valence-corrected chi connectivity index (χ2v) is 7.70. The molecule has 8 nitrogen and oxygen atoms in total. The van der Waals surface area contributed by atoms with Gasteiger partial charge in [-0.05, 0) is 29.8 Å². The maximum Gasteiger partial charge on any atom is 0.295 e. The zero-order valence-corrected chi connectivity index (χ0v) is 18.5. The first-order chi connectivity index (χ1) is 16.0. The number of aromatic amines is 1. The van der Waals surface area contributed by atoms with Crippen molar-refractivity contribution in [2.24, 2.45) is 0 Å². The predicted molar refractivity (Wildman–Crippen MR) is 121 cm³/mol. The highest BCUT2D eigenvalue weighted by Crippen LogP contribution is 2.40. The van der Waals surface area contributed by atoms with Crippen molar-refractivity contribution in [2.45, 2.75) is 19.0 Å². The fourth-order valence-electron chi connectivity index (χ4n) is 4.08. The number of aliphatic hydroxyl groups is 1. The average Bonchev–Trinajstić information content (AvgIpc) is 3.46. The van der Waals surface area contributed by atoms with Crippen molar-refractivity contribution in [2.75, 3.05) is 20.8 Å².